The second-order valence-electron chi connectivity index (χ2n) is 26.2. The molecule has 0 atom stereocenters. The second-order valence-corrected chi connectivity index (χ2v) is 26.2. The number of aliphatic carboxylic acids is 4. The van der Waals surface area contributed by atoms with Gasteiger partial charge in [-0.1, -0.05) is 193 Å². The highest BCUT2D eigenvalue weighted by molar-refractivity contribution is 5.87. The number of benzene rings is 4. The van der Waals surface area contributed by atoms with Crippen LogP contribution in [0.3, 0.4) is 0 Å². The maximum atomic E-state index is 10.9. The van der Waals surface area contributed by atoms with Gasteiger partial charge in [0.15, 0.2) is 0 Å². The summed E-state index contributed by atoms with van der Waals surface area (Å²) in [6.07, 6.45) is 7.50. The fourth-order valence-corrected chi connectivity index (χ4v) is 9.79. The Morgan fingerprint density at radius 3 is 0.471 bits per heavy atom. The quantitative estimate of drug-likeness (QED) is 0.0248. The molecule has 85 heavy (non-hydrogen) atoms. The maximum Gasteiger partial charge on any atom is 0.331 e. The lowest BCUT2D eigenvalue weighted by Gasteiger charge is -2.16. The van der Waals surface area contributed by atoms with Crippen molar-refractivity contribution in [1.82, 2.24) is 0 Å². The smallest absolute Gasteiger partial charge is 0.331 e. The minimum absolute atomic E-state index is 0. The van der Waals surface area contributed by atoms with Crippen LogP contribution in [-0.4, -0.2) is 64.7 Å². The third kappa shape index (κ3) is 29.5. The van der Waals surface area contributed by atoms with E-state index in [1.165, 1.54) is 0 Å². The zero-order valence-corrected chi connectivity index (χ0v) is 53.8. The Balaban J connectivity index is 0.00000110. The summed E-state index contributed by atoms with van der Waals surface area (Å²) >= 11 is 0. The van der Waals surface area contributed by atoms with E-state index in [0.29, 0.717) is 96.0 Å². The van der Waals surface area contributed by atoms with Gasteiger partial charge < -0.3 is 40.9 Å². The average Bonchev–Trinajstić information content (AvgIpc) is 3.47. The van der Waals surface area contributed by atoms with E-state index in [2.05, 4.69) is 137 Å². The fraction of sp³-hybridized carbons (Fsp3) is 0.507. The number of phenolic OH excluding ortho intramolecular Hbond substituents is 4. The first-order valence-corrected chi connectivity index (χ1v) is 29.8. The molecule has 0 saturated carbocycles. The lowest BCUT2D eigenvalue weighted by Crippen LogP contribution is -2.05. The van der Waals surface area contributed by atoms with Crippen LogP contribution >= 0.6 is 0 Å². The number of aromatic hydroxyl groups is 4. The molecule has 0 bridgehead atoms. The molecular weight excluding hydrogens is 1070 g/mol. The summed E-state index contributed by atoms with van der Waals surface area (Å²) in [5, 5.41) is 77.6. The summed E-state index contributed by atoms with van der Waals surface area (Å²) in [7, 11) is 0. The van der Waals surface area contributed by atoms with Crippen LogP contribution in [0.15, 0.2) is 97.1 Å². The van der Waals surface area contributed by atoms with E-state index in [1.54, 1.807) is 0 Å². The molecule has 0 aliphatic rings. The Labute approximate surface area is 511 Å². The molecule has 12 nitrogen and oxygen atoms in total. The molecule has 4 aromatic rings. The van der Waals surface area contributed by atoms with E-state index >= 15 is 0 Å². The molecule has 0 unspecified atom stereocenters. The molecule has 0 aromatic heterocycles. The first-order chi connectivity index (χ1) is 38.8. The van der Waals surface area contributed by atoms with Crippen LogP contribution in [0.1, 0.15) is 185 Å². The van der Waals surface area contributed by atoms with Crippen LogP contribution in [0, 0.1) is 47.3 Å². The van der Waals surface area contributed by atoms with Gasteiger partial charge in [0, 0.05) is 48.0 Å². The van der Waals surface area contributed by atoms with Gasteiger partial charge in [-0.05, 0) is 165 Å². The van der Waals surface area contributed by atoms with Gasteiger partial charge in [0.05, 0.1) is 0 Å². The summed E-state index contributed by atoms with van der Waals surface area (Å²) in [5.41, 5.74) is 11.5. The number of phenols is 4. The van der Waals surface area contributed by atoms with E-state index < -0.39 is 23.9 Å². The van der Waals surface area contributed by atoms with E-state index in [1.807, 2.05) is 48.5 Å². The predicted octanol–water partition coefficient (Wildman–Crippen LogP) is 16.5. The minimum atomic E-state index is -0.973. The van der Waals surface area contributed by atoms with Crippen LogP contribution in [0.25, 0.3) is 0 Å². The Hall–Kier alpha value is -7.08. The van der Waals surface area contributed by atoms with Crippen molar-refractivity contribution in [3.8, 4) is 23.0 Å². The number of hydrogen-bond acceptors (Lipinski definition) is 8. The monoisotopic (exact) mass is 1180 g/mol. The molecule has 12 heteroatoms. The van der Waals surface area contributed by atoms with Gasteiger partial charge in [-0.3, -0.25) is 0 Å². The van der Waals surface area contributed by atoms with Crippen LogP contribution in [0.4, 0.5) is 0 Å². The molecular formula is C73H108O12. The number of hydrogen-bond donors (Lipinski definition) is 8. The third-order valence-corrected chi connectivity index (χ3v) is 13.2. The largest absolute Gasteiger partial charge is 0.507 e. The number of rotatable bonds is 28. The molecule has 0 spiro atoms. The van der Waals surface area contributed by atoms with Gasteiger partial charge in [0.25, 0.3) is 0 Å². The van der Waals surface area contributed by atoms with E-state index in [4.69, 9.17) is 20.4 Å². The molecule has 0 saturated heterocycles. The zero-order chi connectivity index (χ0) is 64.6. The maximum absolute atomic E-state index is 10.9. The van der Waals surface area contributed by atoms with Gasteiger partial charge in [-0.25, -0.2) is 19.2 Å². The van der Waals surface area contributed by atoms with E-state index in [-0.39, 0.29) is 29.7 Å². The first kappa shape index (κ1) is 77.9. The van der Waals surface area contributed by atoms with Crippen LogP contribution in [-0.2, 0) is 96.2 Å². The molecule has 4 aromatic carbocycles. The minimum Gasteiger partial charge on any atom is -0.507 e. The van der Waals surface area contributed by atoms with Gasteiger partial charge in [0.2, 0.25) is 0 Å². The van der Waals surface area contributed by atoms with Gasteiger partial charge in [0.1, 0.15) is 23.0 Å². The van der Waals surface area contributed by atoms with Crippen molar-refractivity contribution in [2.75, 3.05) is 0 Å². The second kappa shape index (κ2) is 37.4. The molecule has 0 radical (unpaired) electrons. The van der Waals surface area contributed by atoms with Crippen molar-refractivity contribution in [2.24, 2.45) is 47.3 Å². The summed E-state index contributed by atoms with van der Waals surface area (Å²) in [6, 6.07) is 15.3. The SMILES string of the molecule is C.C=C(Cc1cc(CC(C)C)c(O)c(CC(C)C)c1)C(=O)O.C=C(Cc1cc(CC(C)C)c(O)c(CC(C)C)c1)C(=O)O.C=C(Cc1cc(CC(C)C)c(O)c(CC(C)C)c1)C(=O)O.C=C(Cc1cc(CC(C)C)c(O)c(CC(C)C)c1)C(=O)O. The van der Waals surface area contributed by atoms with Gasteiger partial charge in [-0.15, -0.1) is 0 Å². The molecule has 0 aliphatic heterocycles. The van der Waals surface area contributed by atoms with Crippen LogP contribution < -0.4 is 0 Å². The topological polar surface area (TPSA) is 230 Å². The summed E-state index contributed by atoms with van der Waals surface area (Å²) in [5.74, 6) is 1.01. The third-order valence-electron chi connectivity index (χ3n) is 13.2. The number of carbonyl (C=O) groups is 4. The average molecular weight is 1180 g/mol. The Bertz CT molecular complexity index is 2380. The Morgan fingerprint density at radius 2 is 0.388 bits per heavy atom. The molecule has 472 valence electrons. The highest BCUT2D eigenvalue weighted by atomic mass is 16.4. The number of carboxylic acid groups (broad SMARTS) is 4. The first-order valence-electron chi connectivity index (χ1n) is 29.8. The lowest BCUT2D eigenvalue weighted by molar-refractivity contribution is -0.133. The fourth-order valence-electron chi connectivity index (χ4n) is 9.79. The standard InChI is InChI=1S/4C18H26O3.CH4/c4*1-11(2)6-15-9-14(8-13(5)18(20)21)10-16(17(15)19)7-12(3)4;/h4*9-12,19H,5-8H2,1-4H3,(H,20,21);1H4. The van der Waals surface area contributed by atoms with Crippen LogP contribution in [0.2, 0.25) is 0 Å². The summed E-state index contributed by atoms with van der Waals surface area (Å²) < 4.78 is 0. The van der Waals surface area contributed by atoms with E-state index in [9.17, 15) is 39.6 Å². The van der Waals surface area contributed by atoms with Crippen molar-refractivity contribution in [2.45, 2.75) is 195 Å². The normalized spacial score (nSPS) is 11.0. The lowest BCUT2D eigenvalue weighted by atomic mass is 9.91. The molecule has 0 amide bonds. The number of carboxylic acids is 4. The van der Waals surface area contributed by atoms with Crippen molar-refractivity contribution in [3.63, 3.8) is 0 Å². The van der Waals surface area contributed by atoms with Crippen molar-refractivity contribution >= 4 is 23.9 Å². The van der Waals surface area contributed by atoms with Gasteiger partial charge in [-0.2, -0.15) is 0 Å². The zero-order valence-electron chi connectivity index (χ0n) is 53.8. The van der Waals surface area contributed by atoms with E-state index in [0.717, 1.165) is 118 Å². The van der Waals surface area contributed by atoms with Crippen molar-refractivity contribution in [3.05, 3.63) is 164 Å². The molecule has 0 heterocycles. The van der Waals surface area contributed by atoms with Gasteiger partial charge >= 0.3 is 23.9 Å². The molecule has 8 N–H and O–H groups in total. The molecule has 4 rings (SSSR count). The Kier molecular flexibility index (Phi) is 34.3. The van der Waals surface area contributed by atoms with Crippen LogP contribution in [0.5, 0.6) is 23.0 Å². The van der Waals surface area contributed by atoms with Crippen molar-refractivity contribution in [1.29, 1.82) is 0 Å². The molecule has 0 aliphatic carbocycles. The Morgan fingerprint density at radius 1 is 0.282 bits per heavy atom. The summed E-state index contributed by atoms with van der Waals surface area (Å²) in [6.45, 7) is 48.0. The highest BCUT2D eigenvalue weighted by Crippen LogP contribution is 2.34. The summed E-state index contributed by atoms with van der Waals surface area (Å²) in [4.78, 5) is 43.8. The highest BCUT2D eigenvalue weighted by Gasteiger charge is 2.19. The van der Waals surface area contributed by atoms with Crippen molar-refractivity contribution < 1.29 is 60.0 Å². The predicted molar refractivity (Wildman–Crippen MR) is 349 cm³/mol. The molecule has 0 fully saturated rings.